The fourth-order valence-corrected chi connectivity index (χ4v) is 4.98. The molecule has 7 nitrogen and oxygen atoms in total. The number of amides is 1. The zero-order chi connectivity index (χ0) is 19.0. The van der Waals surface area contributed by atoms with Gasteiger partial charge in [0, 0.05) is 32.2 Å². The van der Waals surface area contributed by atoms with Gasteiger partial charge in [-0.1, -0.05) is 0 Å². The van der Waals surface area contributed by atoms with Crippen molar-refractivity contribution in [2.75, 3.05) is 58.4 Å². The van der Waals surface area contributed by atoms with Gasteiger partial charge in [0.1, 0.15) is 0 Å². The number of thiophene rings is 1. The van der Waals surface area contributed by atoms with E-state index in [2.05, 4.69) is 33.9 Å². The zero-order valence-corrected chi connectivity index (χ0v) is 17.2. The highest BCUT2D eigenvalue weighted by atomic mass is 35.5. The van der Waals surface area contributed by atoms with Crippen LogP contribution in [0.1, 0.15) is 22.5 Å². The number of halogens is 1. The molecule has 27 heavy (non-hydrogen) atoms. The third kappa shape index (κ3) is 3.89. The van der Waals surface area contributed by atoms with Crippen molar-refractivity contribution in [3.63, 3.8) is 0 Å². The van der Waals surface area contributed by atoms with Gasteiger partial charge < -0.3 is 19.4 Å². The summed E-state index contributed by atoms with van der Waals surface area (Å²) in [6.45, 7) is 4.45. The average molecular weight is 410 g/mol. The van der Waals surface area contributed by atoms with Gasteiger partial charge in [-0.05, 0) is 44.6 Å². The van der Waals surface area contributed by atoms with E-state index in [1.54, 1.807) is 0 Å². The number of likely N-dealkylation sites (tertiary alicyclic amines) is 1. The summed E-state index contributed by atoms with van der Waals surface area (Å²) < 4.78 is 6.36. The van der Waals surface area contributed by atoms with E-state index < -0.39 is 0 Å². The molecule has 2 saturated heterocycles. The molecule has 2 aliphatic heterocycles. The van der Waals surface area contributed by atoms with E-state index in [9.17, 15) is 4.79 Å². The molecule has 0 radical (unpaired) electrons. The summed E-state index contributed by atoms with van der Waals surface area (Å²) in [7, 11) is 4.20. The summed E-state index contributed by atoms with van der Waals surface area (Å²) in [6, 6.07) is 2.41. The molecule has 0 unspecified atom stereocenters. The third-order valence-electron chi connectivity index (χ3n) is 5.33. The summed E-state index contributed by atoms with van der Waals surface area (Å²) in [4.78, 5) is 28.9. The highest BCUT2D eigenvalue weighted by molar-refractivity contribution is 7.21. The predicted molar refractivity (Wildman–Crippen MR) is 108 cm³/mol. The lowest BCUT2D eigenvalue weighted by atomic mass is 10.0. The van der Waals surface area contributed by atoms with Gasteiger partial charge in [-0.25, -0.2) is 4.98 Å². The molecule has 9 heteroatoms. The fourth-order valence-electron chi connectivity index (χ4n) is 3.72. The van der Waals surface area contributed by atoms with Crippen molar-refractivity contribution in [3.05, 3.63) is 16.2 Å². The Morgan fingerprint density at radius 3 is 2.59 bits per heavy atom. The first-order valence-electron chi connectivity index (χ1n) is 9.28. The van der Waals surface area contributed by atoms with Gasteiger partial charge in [-0.3, -0.25) is 4.79 Å². The largest absolute Gasteiger partial charge is 0.378 e. The van der Waals surface area contributed by atoms with E-state index in [0.29, 0.717) is 24.1 Å². The van der Waals surface area contributed by atoms with Crippen LogP contribution in [-0.4, -0.2) is 85.2 Å². The van der Waals surface area contributed by atoms with Gasteiger partial charge in [0.25, 0.3) is 5.91 Å². The molecule has 1 amide bonds. The molecule has 2 aromatic rings. The molecule has 0 saturated carbocycles. The number of nitrogens with zero attached hydrogens (tertiary/aromatic N) is 5. The van der Waals surface area contributed by atoms with Gasteiger partial charge in [-0.2, -0.15) is 4.98 Å². The van der Waals surface area contributed by atoms with E-state index >= 15 is 0 Å². The monoisotopic (exact) mass is 409 g/mol. The molecule has 2 fully saturated rings. The Morgan fingerprint density at radius 1 is 1.22 bits per heavy atom. The smallest absolute Gasteiger partial charge is 0.264 e. The van der Waals surface area contributed by atoms with Gasteiger partial charge in [0.05, 0.1) is 28.3 Å². The summed E-state index contributed by atoms with van der Waals surface area (Å²) in [5.41, 5.74) is 0.744. The number of morpholine rings is 1. The van der Waals surface area contributed by atoms with Crippen LogP contribution in [0.2, 0.25) is 5.28 Å². The minimum absolute atomic E-state index is 0.0826. The molecule has 0 atom stereocenters. The van der Waals surface area contributed by atoms with Crippen LogP contribution in [0, 0.1) is 0 Å². The summed E-state index contributed by atoms with van der Waals surface area (Å²) in [5.74, 6) is 0.892. The van der Waals surface area contributed by atoms with Crippen LogP contribution in [0.5, 0.6) is 0 Å². The van der Waals surface area contributed by atoms with E-state index in [1.165, 1.54) is 11.3 Å². The molecule has 4 rings (SSSR count). The SMILES string of the molecule is CN(C)C1CCN(C(=O)c2cc3nc(Cl)nc(N4CCOCC4)c3s2)CC1. The maximum Gasteiger partial charge on any atom is 0.264 e. The minimum atomic E-state index is 0.0826. The molecule has 2 aliphatic rings. The first-order valence-corrected chi connectivity index (χ1v) is 10.5. The number of carbonyl (C=O) groups is 1. The number of piperidine rings is 1. The molecule has 0 spiro atoms. The number of hydrogen-bond acceptors (Lipinski definition) is 7. The van der Waals surface area contributed by atoms with Crippen LogP contribution in [0.25, 0.3) is 10.2 Å². The molecule has 4 heterocycles. The summed E-state index contributed by atoms with van der Waals surface area (Å²) >= 11 is 7.62. The van der Waals surface area contributed by atoms with Gasteiger partial charge in [0.15, 0.2) is 5.82 Å². The van der Waals surface area contributed by atoms with Gasteiger partial charge in [0.2, 0.25) is 5.28 Å². The Kier molecular flexibility index (Phi) is 5.50. The molecule has 0 bridgehead atoms. The average Bonchev–Trinajstić information content (AvgIpc) is 3.11. The summed E-state index contributed by atoms with van der Waals surface area (Å²) in [6.07, 6.45) is 2.02. The Balaban J connectivity index is 1.59. The molecule has 0 aromatic carbocycles. The molecule has 146 valence electrons. The van der Waals surface area contributed by atoms with E-state index in [0.717, 1.165) is 55.1 Å². The zero-order valence-electron chi connectivity index (χ0n) is 15.7. The highest BCUT2D eigenvalue weighted by Gasteiger charge is 2.27. The number of fused-ring (bicyclic) bond motifs is 1. The van der Waals surface area contributed by atoms with Crippen LogP contribution < -0.4 is 4.90 Å². The Morgan fingerprint density at radius 2 is 1.93 bits per heavy atom. The van der Waals surface area contributed by atoms with E-state index in [1.807, 2.05) is 11.0 Å². The van der Waals surface area contributed by atoms with Crippen molar-refractivity contribution in [3.8, 4) is 0 Å². The Hall–Kier alpha value is -1.48. The minimum Gasteiger partial charge on any atom is -0.378 e. The van der Waals surface area contributed by atoms with Crippen molar-refractivity contribution < 1.29 is 9.53 Å². The lowest BCUT2D eigenvalue weighted by Crippen LogP contribution is -2.44. The topological polar surface area (TPSA) is 61.8 Å². The van der Waals surface area contributed by atoms with Crippen molar-refractivity contribution in [2.24, 2.45) is 0 Å². The van der Waals surface area contributed by atoms with E-state index in [-0.39, 0.29) is 11.2 Å². The predicted octanol–water partition coefficient (Wildman–Crippen LogP) is 2.35. The normalized spacial score (nSPS) is 19.3. The van der Waals surface area contributed by atoms with Crippen LogP contribution >= 0.6 is 22.9 Å². The first kappa shape index (κ1) is 18.9. The maximum absolute atomic E-state index is 13.0. The molecular weight excluding hydrogens is 386 g/mol. The van der Waals surface area contributed by atoms with Crippen molar-refractivity contribution in [1.29, 1.82) is 0 Å². The number of anilines is 1. The van der Waals surface area contributed by atoms with Crippen molar-refractivity contribution in [2.45, 2.75) is 18.9 Å². The molecular formula is C18H24ClN5O2S. The number of aromatic nitrogens is 2. The molecule has 0 aliphatic carbocycles. The second-order valence-corrected chi connectivity index (χ2v) is 8.62. The Bertz CT molecular complexity index is 829. The first-order chi connectivity index (χ1) is 13.0. The maximum atomic E-state index is 13.0. The quantitative estimate of drug-likeness (QED) is 0.725. The fraction of sp³-hybridized carbons (Fsp3) is 0.611. The van der Waals surface area contributed by atoms with Crippen LogP contribution in [-0.2, 0) is 4.74 Å². The van der Waals surface area contributed by atoms with Crippen molar-refractivity contribution >= 4 is 44.9 Å². The number of carbonyl (C=O) groups excluding carboxylic acids is 1. The lowest BCUT2D eigenvalue weighted by molar-refractivity contribution is 0.0668. The van der Waals surface area contributed by atoms with E-state index in [4.69, 9.17) is 16.3 Å². The molecule has 2 aromatic heterocycles. The molecule has 0 N–H and O–H groups in total. The van der Waals surface area contributed by atoms with Crippen LogP contribution in [0.3, 0.4) is 0 Å². The number of ether oxygens (including phenoxy) is 1. The van der Waals surface area contributed by atoms with Crippen molar-refractivity contribution in [1.82, 2.24) is 19.8 Å². The van der Waals surface area contributed by atoms with Crippen LogP contribution in [0.4, 0.5) is 5.82 Å². The number of hydrogen-bond donors (Lipinski definition) is 0. The van der Waals surface area contributed by atoms with Crippen LogP contribution in [0.15, 0.2) is 6.07 Å². The highest BCUT2D eigenvalue weighted by Crippen LogP contribution is 2.34. The lowest BCUT2D eigenvalue weighted by Gasteiger charge is -2.35. The third-order valence-corrected chi connectivity index (χ3v) is 6.61. The Labute approximate surface area is 167 Å². The number of rotatable bonds is 3. The summed E-state index contributed by atoms with van der Waals surface area (Å²) in [5, 5.41) is 0.215. The standard InChI is InChI=1S/C18H24ClN5O2S/c1-22(2)12-3-5-24(6-4-12)17(25)14-11-13-15(27-14)16(21-18(19)20-13)23-7-9-26-10-8-23/h11-12H,3-10H2,1-2H3. The van der Waals surface area contributed by atoms with Gasteiger partial charge in [-0.15, -0.1) is 11.3 Å². The second kappa shape index (κ2) is 7.87. The second-order valence-electron chi connectivity index (χ2n) is 7.23. The van der Waals surface area contributed by atoms with Gasteiger partial charge >= 0.3 is 0 Å².